The van der Waals surface area contributed by atoms with Crippen LogP contribution in [0.4, 0.5) is 14.6 Å². The highest BCUT2D eigenvalue weighted by atomic mass is 35.5. The molecule has 14 heteroatoms. The number of piperazine rings is 1. The Morgan fingerprint density at radius 2 is 1.91 bits per heavy atom. The predicted molar refractivity (Wildman–Crippen MR) is 126 cm³/mol. The van der Waals surface area contributed by atoms with Gasteiger partial charge in [-0.15, -0.1) is 10.2 Å². The molecule has 4 heterocycles. The van der Waals surface area contributed by atoms with Crippen LogP contribution in [0.1, 0.15) is 45.0 Å². The number of anilines is 1. The zero-order valence-electron chi connectivity index (χ0n) is 18.7. The molecule has 184 valence electrons. The van der Waals surface area contributed by atoms with Crippen LogP contribution >= 0.6 is 22.9 Å². The quantitative estimate of drug-likeness (QED) is 0.502. The number of hydrogen-bond donors (Lipinski definition) is 2. The van der Waals surface area contributed by atoms with Crippen molar-refractivity contribution in [3.8, 4) is 10.7 Å². The third kappa shape index (κ3) is 4.39. The Morgan fingerprint density at radius 3 is 2.50 bits per heavy atom. The highest BCUT2D eigenvalue weighted by molar-refractivity contribution is 7.89. The van der Waals surface area contributed by atoms with E-state index >= 15 is 0 Å². The number of nitrogens with zero attached hydrogens (tertiary/aromatic N) is 5. The zero-order valence-corrected chi connectivity index (χ0v) is 21.1. The van der Waals surface area contributed by atoms with E-state index in [9.17, 15) is 17.2 Å². The molecule has 2 atom stereocenters. The minimum absolute atomic E-state index is 0.0541. The molecule has 5 rings (SSSR count). The van der Waals surface area contributed by atoms with E-state index in [2.05, 4.69) is 30.1 Å². The fraction of sp³-hybridized carbons (Fsp3) is 0.550. The molecule has 0 spiro atoms. The van der Waals surface area contributed by atoms with Gasteiger partial charge >= 0.3 is 0 Å². The van der Waals surface area contributed by atoms with Crippen molar-refractivity contribution in [1.82, 2.24) is 29.6 Å². The average Bonchev–Trinajstić information content (AvgIpc) is 3.14. The van der Waals surface area contributed by atoms with Gasteiger partial charge in [-0.05, 0) is 57.3 Å². The van der Waals surface area contributed by atoms with Crippen LogP contribution in [0.5, 0.6) is 0 Å². The summed E-state index contributed by atoms with van der Waals surface area (Å²) in [6, 6.07) is 3.36. The summed E-state index contributed by atoms with van der Waals surface area (Å²) < 4.78 is 57.3. The first-order chi connectivity index (χ1) is 16.0. The summed E-state index contributed by atoms with van der Waals surface area (Å²) in [7, 11) is -3.86. The summed E-state index contributed by atoms with van der Waals surface area (Å²) >= 11 is 7.23. The first-order valence-corrected chi connectivity index (χ1v) is 13.5. The van der Waals surface area contributed by atoms with Gasteiger partial charge < -0.3 is 10.2 Å². The third-order valence-electron chi connectivity index (χ3n) is 6.05. The van der Waals surface area contributed by atoms with Crippen LogP contribution < -0.4 is 14.9 Å². The predicted octanol–water partition coefficient (Wildman–Crippen LogP) is 3.46. The molecule has 2 N–H and O–H groups in total. The van der Waals surface area contributed by atoms with E-state index in [0.29, 0.717) is 35.8 Å². The Morgan fingerprint density at radius 1 is 1.24 bits per heavy atom. The Bertz CT molecular complexity index is 1350. The number of halogens is 3. The maximum Gasteiger partial charge on any atom is 0.291 e. The summed E-state index contributed by atoms with van der Waals surface area (Å²) in [6.07, 6.45) is -1.24. The highest BCUT2D eigenvalue weighted by Gasteiger charge is 2.41. The molecule has 0 amide bonds. The van der Waals surface area contributed by atoms with E-state index in [1.807, 2.05) is 20.8 Å². The normalized spacial score (nSPS) is 22.6. The number of aromatic nitrogens is 4. The van der Waals surface area contributed by atoms with Crippen LogP contribution in [0.25, 0.3) is 16.2 Å². The van der Waals surface area contributed by atoms with Crippen molar-refractivity contribution < 1.29 is 17.2 Å². The van der Waals surface area contributed by atoms with Gasteiger partial charge in [0, 0.05) is 30.7 Å². The fourth-order valence-electron chi connectivity index (χ4n) is 4.27. The first kappa shape index (κ1) is 23.8. The van der Waals surface area contributed by atoms with Crippen LogP contribution in [0.3, 0.4) is 0 Å². The summed E-state index contributed by atoms with van der Waals surface area (Å²) in [6.45, 7) is 7.18. The van der Waals surface area contributed by atoms with E-state index in [4.69, 9.17) is 11.6 Å². The van der Waals surface area contributed by atoms with Crippen molar-refractivity contribution in [3.05, 3.63) is 22.4 Å². The van der Waals surface area contributed by atoms with Gasteiger partial charge in [-0.25, -0.2) is 26.9 Å². The number of pyridine rings is 1. The number of rotatable bonds is 6. The lowest BCUT2D eigenvalue weighted by atomic mass is 10.1. The van der Waals surface area contributed by atoms with Gasteiger partial charge in [0.05, 0.1) is 10.4 Å². The van der Waals surface area contributed by atoms with Crippen molar-refractivity contribution in [1.29, 1.82) is 0 Å². The molecule has 1 aliphatic carbocycles. The van der Waals surface area contributed by atoms with Gasteiger partial charge in [0.1, 0.15) is 11.5 Å². The van der Waals surface area contributed by atoms with Crippen LogP contribution in [0, 0.1) is 0 Å². The number of imidazole rings is 1. The maximum atomic E-state index is 13.3. The van der Waals surface area contributed by atoms with Gasteiger partial charge in [-0.1, -0.05) is 11.3 Å². The van der Waals surface area contributed by atoms with Crippen molar-refractivity contribution >= 4 is 44.3 Å². The van der Waals surface area contributed by atoms with Gasteiger partial charge in [-0.2, -0.15) is 0 Å². The molecule has 0 unspecified atom stereocenters. The molecule has 2 fully saturated rings. The lowest BCUT2D eigenvalue weighted by Crippen LogP contribution is -2.54. The van der Waals surface area contributed by atoms with Gasteiger partial charge in [0.25, 0.3) is 6.43 Å². The minimum atomic E-state index is -3.86. The molecule has 2 aliphatic rings. The molecule has 0 bridgehead atoms. The van der Waals surface area contributed by atoms with E-state index in [1.54, 1.807) is 10.5 Å². The third-order valence-corrected chi connectivity index (χ3v) is 8.86. The average molecular weight is 532 g/mol. The van der Waals surface area contributed by atoms with Crippen molar-refractivity contribution in [3.63, 3.8) is 0 Å². The molecule has 9 nitrogen and oxygen atoms in total. The maximum absolute atomic E-state index is 13.3. The summed E-state index contributed by atoms with van der Waals surface area (Å²) in [5.41, 5.74) is 0.108. The lowest BCUT2D eigenvalue weighted by Gasteiger charge is -2.38. The monoisotopic (exact) mass is 531 g/mol. The molecule has 1 saturated carbocycles. The SMILES string of the molecule is C[C@H]1CN(c2cc(S(=O)(=O)NC3(C)CC3)cc3c(-c4nnc(C(F)F)s4)nc(Cl)n23)C[C@H](C)N1. The van der Waals surface area contributed by atoms with Crippen molar-refractivity contribution in [2.45, 2.75) is 62.6 Å². The Balaban J connectivity index is 1.71. The molecule has 34 heavy (non-hydrogen) atoms. The van der Waals surface area contributed by atoms with Gasteiger partial charge in [-0.3, -0.25) is 4.40 Å². The van der Waals surface area contributed by atoms with Crippen LogP contribution in [0.15, 0.2) is 17.0 Å². The summed E-state index contributed by atoms with van der Waals surface area (Å²) in [5.74, 6) is 0.557. The number of fused-ring (bicyclic) bond motifs is 1. The Labute approximate surface area is 204 Å². The zero-order chi connectivity index (χ0) is 24.4. The molecular formula is C20H24ClF2N7O2S2. The summed E-state index contributed by atoms with van der Waals surface area (Å²) in [5, 5.41) is 10.6. The second-order valence-electron chi connectivity index (χ2n) is 9.29. The highest BCUT2D eigenvalue weighted by Crippen LogP contribution is 2.39. The van der Waals surface area contributed by atoms with Crippen LogP contribution in [0.2, 0.25) is 5.28 Å². The smallest absolute Gasteiger partial charge is 0.291 e. The van der Waals surface area contributed by atoms with Gasteiger partial charge in [0.2, 0.25) is 15.3 Å². The van der Waals surface area contributed by atoms with Crippen molar-refractivity contribution in [2.75, 3.05) is 18.0 Å². The number of hydrogen-bond acceptors (Lipinski definition) is 8. The van der Waals surface area contributed by atoms with E-state index < -0.39 is 27.0 Å². The van der Waals surface area contributed by atoms with E-state index in [1.165, 1.54) is 6.07 Å². The van der Waals surface area contributed by atoms with Gasteiger partial charge in [0.15, 0.2) is 10.0 Å². The van der Waals surface area contributed by atoms with Crippen molar-refractivity contribution in [2.24, 2.45) is 0 Å². The van der Waals surface area contributed by atoms with Crippen LogP contribution in [-0.4, -0.2) is 58.7 Å². The number of sulfonamides is 1. The van der Waals surface area contributed by atoms with E-state index in [-0.39, 0.29) is 33.0 Å². The summed E-state index contributed by atoms with van der Waals surface area (Å²) in [4.78, 5) is 6.48. The topological polar surface area (TPSA) is 105 Å². The second kappa shape index (κ2) is 8.33. The molecular weight excluding hydrogens is 508 g/mol. The minimum Gasteiger partial charge on any atom is -0.355 e. The largest absolute Gasteiger partial charge is 0.355 e. The Hall–Kier alpha value is -1.93. The molecule has 0 radical (unpaired) electrons. The Kier molecular flexibility index (Phi) is 5.83. The standard InChI is InChI=1S/C20H24ClF2N7O2S2/c1-10-8-29(9-11(2)24-10)14-7-12(34(31,32)28-20(3)4-5-20)6-13-15(25-19(21)30(13)14)17-26-27-18(33-17)16(22)23/h6-7,10-11,16,24,28H,4-5,8-9H2,1-3H3/t10-,11-/m0/s1. The molecule has 3 aromatic rings. The van der Waals surface area contributed by atoms with E-state index in [0.717, 1.165) is 12.8 Å². The molecule has 1 saturated heterocycles. The first-order valence-electron chi connectivity index (χ1n) is 10.8. The lowest BCUT2D eigenvalue weighted by molar-refractivity contribution is 0.150. The number of alkyl halides is 2. The second-order valence-corrected chi connectivity index (χ2v) is 12.3. The molecule has 1 aliphatic heterocycles. The number of nitrogens with one attached hydrogen (secondary N) is 2. The van der Waals surface area contributed by atoms with Crippen LogP contribution in [-0.2, 0) is 10.0 Å². The molecule has 0 aromatic carbocycles. The molecule has 3 aromatic heterocycles. The fourth-order valence-corrected chi connectivity index (χ4v) is 6.73.